The molecule has 1 fully saturated rings. The number of carbonyl (C=O) groups excluding carboxylic acids is 1. The van der Waals surface area contributed by atoms with E-state index in [1.807, 2.05) is 48.2 Å². The van der Waals surface area contributed by atoms with Gasteiger partial charge in [-0.25, -0.2) is 9.50 Å². The lowest BCUT2D eigenvalue weighted by molar-refractivity contribution is 0.0626. The molecule has 32 heavy (non-hydrogen) atoms. The van der Waals surface area contributed by atoms with Crippen LogP contribution in [0.3, 0.4) is 0 Å². The molecule has 4 aromatic rings. The zero-order valence-electron chi connectivity index (χ0n) is 17.9. The Bertz CT molecular complexity index is 1260. The number of halogens is 1. The van der Waals surface area contributed by atoms with Crippen molar-refractivity contribution in [1.82, 2.24) is 24.4 Å². The van der Waals surface area contributed by atoms with Gasteiger partial charge in [0.15, 0.2) is 5.65 Å². The predicted molar refractivity (Wildman–Crippen MR) is 126 cm³/mol. The number of hydrogen-bond donors (Lipinski definition) is 0. The van der Waals surface area contributed by atoms with Crippen LogP contribution in [0.5, 0.6) is 0 Å². The number of carbonyl (C=O) groups is 1. The van der Waals surface area contributed by atoms with Crippen LogP contribution < -0.4 is 0 Å². The molecule has 162 valence electrons. The number of nitrogens with zero attached hydrogens (tertiary/aromatic N) is 5. The minimum Gasteiger partial charge on any atom is -0.336 e. The normalized spacial score (nSPS) is 14.8. The highest BCUT2D eigenvalue weighted by atomic mass is 35.5. The highest BCUT2D eigenvalue weighted by Crippen LogP contribution is 2.27. The van der Waals surface area contributed by atoms with Crippen LogP contribution in [-0.2, 0) is 6.54 Å². The summed E-state index contributed by atoms with van der Waals surface area (Å²) in [6.07, 6.45) is 1.67. The molecule has 6 nitrogen and oxygen atoms in total. The van der Waals surface area contributed by atoms with Gasteiger partial charge in [-0.3, -0.25) is 9.69 Å². The Labute approximate surface area is 192 Å². The monoisotopic (exact) mass is 445 g/mol. The SMILES string of the molecule is Cc1c(C(=O)N2CCN(Cc3ccccc3)CC2)cnc2cc(-c3ccccc3Cl)nn12. The summed E-state index contributed by atoms with van der Waals surface area (Å²) in [7, 11) is 0. The zero-order valence-corrected chi connectivity index (χ0v) is 18.7. The quantitative estimate of drug-likeness (QED) is 0.469. The Balaban J connectivity index is 1.33. The standard InChI is InChI=1S/C25H24ClN5O/c1-18-21(16-27-24-15-23(28-31(18)24)20-9-5-6-10-22(20)26)25(32)30-13-11-29(12-14-30)17-19-7-3-2-4-8-19/h2-10,15-16H,11-14,17H2,1H3. The summed E-state index contributed by atoms with van der Waals surface area (Å²) >= 11 is 6.34. The second-order valence-electron chi connectivity index (χ2n) is 8.09. The van der Waals surface area contributed by atoms with Crippen LogP contribution in [0.2, 0.25) is 5.02 Å². The lowest BCUT2D eigenvalue weighted by Gasteiger charge is -2.35. The molecule has 1 aliphatic heterocycles. The number of benzene rings is 2. The van der Waals surface area contributed by atoms with E-state index in [2.05, 4.69) is 39.2 Å². The van der Waals surface area contributed by atoms with Crippen molar-refractivity contribution < 1.29 is 4.79 Å². The molecule has 0 aliphatic carbocycles. The van der Waals surface area contributed by atoms with Gasteiger partial charge in [-0.05, 0) is 18.6 Å². The third-order valence-electron chi connectivity index (χ3n) is 6.01. The van der Waals surface area contributed by atoms with Crippen LogP contribution in [0.4, 0.5) is 0 Å². The molecule has 0 unspecified atom stereocenters. The molecule has 1 amide bonds. The molecule has 3 heterocycles. The van der Waals surface area contributed by atoms with Crippen LogP contribution >= 0.6 is 11.6 Å². The fourth-order valence-corrected chi connectivity index (χ4v) is 4.41. The number of aromatic nitrogens is 3. The maximum absolute atomic E-state index is 13.3. The summed E-state index contributed by atoms with van der Waals surface area (Å²) in [6, 6.07) is 19.9. The summed E-state index contributed by atoms with van der Waals surface area (Å²) in [5.41, 5.74) is 4.95. The first-order valence-corrected chi connectivity index (χ1v) is 11.1. The molecule has 7 heteroatoms. The van der Waals surface area contributed by atoms with Crippen LogP contribution in [0.15, 0.2) is 66.9 Å². The largest absolute Gasteiger partial charge is 0.336 e. The van der Waals surface area contributed by atoms with Gasteiger partial charge in [0.2, 0.25) is 0 Å². The third-order valence-corrected chi connectivity index (χ3v) is 6.34. The van der Waals surface area contributed by atoms with E-state index in [1.54, 1.807) is 10.7 Å². The maximum atomic E-state index is 13.3. The van der Waals surface area contributed by atoms with Crippen molar-refractivity contribution in [2.24, 2.45) is 0 Å². The first-order valence-electron chi connectivity index (χ1n) is 10.8. The summed E-state index contributed by atoms with van der Waals surface area (Å²) in [6.45, 7) is 5.94. The van der Waals surface area contributed by atoms with Gasteiger partial charge in [0.25, 0.3) is 5.91 Å². The van der Waals surface area contributed by atoms with Crippen LogP contribution in [0, 0.1) is 6.92 Å². The Hall–Kier alpha value is -3.22. The van der Waals surface area contributed by atoms with Crippen molar-refractivity contribution in [2.75, 3.05) is 26.2 Å². The summed E-state index contributed by atoms with van der Waals surface area (Å²) in [5, 5.41) is 5.32. The second kappa shape index (κ2) is 8.73. The topological polar surface area (TPSA) is 53.7 Å². The summed E-state index contributed by atoms with van der Waals surface area (Å²) in [5.74, 6) is 0.00561. The Kier molecular flexibility index (Phi) is 5.64. The van der Waals surface area contributed by atoms with E-state index in [-0.39, 0.29) is 5.91 Å². The molecule has 2 aromatic carbocycles. The van der Waals surface area contributed by atoms with Gasteiger partial charge >= 0.3 is 0 Å². The Morgan fingerprint density at radius 3 is 2.47 bits per heavy atom. The number of fused-ring (bicyclic) bond motifs is 1. The van der Waals surface area contributed by atoms with Crippen molar-refractivity contribution in [1.29, 1.82) is 0 Å². The van der Waals surface area contributed by atoms with Gasteiger partial charge in [0.05, 0.1) is 22.0 Å². The van der Waals surface area contributed by atoms with E-state index in [1.165, 1.54) is 5.56 Å². The predicted octanol–water partition coefficient (Wildman–Crippen LogP) is 4.32. The highest BCUT2D eigenvalue weighted by Gasteiger charge is 2.25. The van der Waals surface area contributed by atoms with E-state index < -0.39 is 0 Å². The summed E-state index contributed by atoms with van der Waals surface area (Å²) < 4.78 is 1.73. The van der Waals surface area contributed by atoms with Gasteiger partial charge in [-0.2, -0.15) is 5.10 Å². The first-order chi connectivity index (χ1) is 15.6. The van der Waals surface area contributed by atoms with Crippen molar-refractivity contribution in [2.45, 2.75) is 13.5 Å². The van der Waals surface area contributed by atoms with Crippen LogP contribution in [-0.4, -0.2) is 56.5 Å². The molecule has 0 saturated carbocycles. The minimum atomic E-state index is 0.00561. The van der Waals surface area contributed by atoms with Gasteiger partial charge < -0.3 is 4.90 Å². The van der Waals surface area contributed by atoms with Crippen molar-refractivity contribution in [3.8, 4) is 11.3 Å². The molecule has 1 aliphatic rings. The Morgan fingerprint density at radius 1 is 1.00 bits per heavy atom. The highest BCUT2D eigenvalue weighted by molar-refractivity contribution is 6.33. The zero-order chi connectivity index (χ0) is 22.1. The molecule has 1 saturated heterocycles. The van der Waals surface area contributed by atoms with Crippen molar-refractivity contribution >= 4 is 23.2 Å². The van der Waals surface area contributed by atoms with Crippen LogP contribution in [0.1, 0.15) is 21.6 Å². The van der Waals surface area contributed by atoms with Gasteiger partial charge in [-0.1, -0.05) is 60.1 Å². The molecular weight excluding hydrogens is 422 g/mol. The van der Waals surface area contributed by atoms with Crippen molar-refractivity contribution in [3.63, 3.8) is 0 Å². The lowest BCUT2D eigenvalue weighted by Crippen LogP contribution is -2.48. The molecule has 0 N–H and O–H groups in total. The maximum Gasteiger partial charge on any atom is 0.257 e. The van der Waals surface area contributed by atoms with Gasteiger partial charge in [0, 0.05) is 50.6 Å². The number of aryl methyl sites for hydroxylation is 1. The van der Waals surface area contributed by atoms with E-state index >= 15 is 0 Å². The fourth-order valence-electron chi connectivity index (χ4n) is 4.18. The first kappa shape index (κ1) is 20.7. The number of piperazine rings is 1. The van der Waals surface area contributed by atoms with Gasteiger partial charge in [-0.15, -0.1) is 0 Å². The molecule has 0 atom stereocenters. The van der Waals surface area contributed by atoms with E-state index in [4.69, 9.17) is 11.6 Å². The van der Waals surface area contributed by atoms with E-state index in [0.717, 1.165) is 36.6 Å². The molecule has 5 rings (SSSR count). The smallest absolute Gasteiger partial charge is 0.257 e. The molecular formula is C25H24ClN5O. The van der Waals surface area contributed by atoms with Crippen molar-refractivity contribution in [3.05, 3.63) is 88.7 Å². The molecule has 0 radical (unpaired) electrons. The third kappa shape index (κ3) is 3.99. The number of hydrogen-bond acceptors (Lipinski definition) is 4. The van der Waals surface area contributed by atoms with Gasteiger partial charge in [0.1, 0.15) is 0 Å². The Morgan fingerprint density at radius 2 is 1.72 bits per heavy atom. The van der Waals surface area contributed by atoms with E-state index in [0.29, 0.717) is 29.3 Å². The fraction of sp³-hybridized carbons (Fsp3) is 0.240. The minimum absolute atomic E-state index is 0.00561. The summed E-state index contributed by atoms with van der Waals surface area (Å²) in [4.78, 5) is 22.1. The number of amides is 1. The molecule has 0 bridgehead atoms. The average molecular weight is 446 g/mol. The molecule has 2 aromatic heterocycles. The van der Waals surface area contributed by atoms with Crippen LogP contribution in [0.25, 0.3) is 16.9 Å². The number of rotatable bonds is 4. The molecule has 0 spiro atoms. The second-order valence-corrected chi connectivity index (χ2v) is 8.50. The van der Waals surface area contributed by atoms with E-state index in [9.17, 15) is 4.79 Å². The average Bonchev–Trinajstić information content (AvgIpc) is 3.25. The lowest BCUT2D eigenvalue weighted by atomic mass is 10.1.